The van der Waals surface area contributed by atoms with Crippen molar-refractivity contribution in [2.75, 3.05) is 19.8 Å². The molecule has 1 aromatic rings. The van der Waals surface area contributed by atoms with Gasteiger partial charge in [0.15, 0.2) is 0 Å². The van der Waals surface area contributed by atoms with Crippen molar-refractivity contribution in [1.29, 1.82) is 0 Å². The van der Waals surface area contributed by atoms with Gasteiger partial charge in [-0.25, -0.2) is 0 Å². The molecule has 3 nitrogen and oxygen atoms in total. The van der Waals surface area contributed by atoms with Gasteiger partial charge >= 0.3 is 0 Å². The lowest BCUT2D eigenvalue weighted by molar-refractivity contribution is 0.142. The monoisotopic (exact) mass is 249 g/mol. The molecule has 0 aliphatic carbocycles. The fraction of sp³-hybridized carbons (Fsp3) is 0.600. The first kappa shape index (κ1) is 13.4. The van der Waals surface area contributed by atoms with Crippen LogP contribution in [0.3, 0.4) is 0 Å². The van der Waals surface area contributed by atoms with Crippen LogP contribution in [0, 0.1) is 0 Å². The zero-order valence-corrected chi connectivity index (χ0v) is 11.2. The molecule has 1 heterocycles. The summed E-state index contributed by atoms with van der Waals surface area (Å²) < 4.78 is 11.1. The molecule has 0 fully saturated rings. The van der Waals surface area contributed by atoms with Gasteiger partial charge in [0.1, 0.15) is 5.75 Å². The van der Waals surface area contributed by atoms with E-state index in [1.807, 2.05) is 6.92 Å². The second kappa shape index (κ2) is 6.76. The number of benzene rings is 1. The minimum atomic E-state index is 0.0542. The molecule has 3 heteroatoms. The van der Waals surface area contributed by atoms with Gasteiger partial charge in [-0.05, 0) is 38.2 Å². The molecule has 2 N–H and O–H groups in total. The van der Waals surface area contributed by atoms with Crippen LogP contribution in [0.4, 0.5) is 0 Å². The smallest absolute Gasteiger partial charge is 0.127 e. The normalized spacial score (nSPS) is 15.9. The number of rotatable bonds is 6. The lowest BCUT2D eigenvalue weighted by Gasteiger charge is -2.23. The predicted octanol–water partition coefficient (Wildman–Crippen LogP) is 2.83. The van der Waals surface area contributed by atoms with Crippen LogP contribution in [0.1, 0.15) is 43.4 Å². The van der Waals surface area contributed by atoms with Crippen molar-refractivity contribution in [3.63, 3.8) is 0 Å². The van der Waals surface area contributed by atoms with Gasteiger partial charge in [0.25, 0.3) is 0 Å². The van der Waals surface area contributed by atoms with Crippen molar-refractivity contribution in [1.82, 2.24) is 0 Å². The summed E-state index contributed by atoms with van der Waals surface area (Å²) in [4.78, 5) is 0. The Bertz CT molecular complexity index is 379. The molecule has 0 spiro atoms. The molecule has 0 amide bonds. The Morgan fingerprint density at radius 3 is 3.17 bits per heavy atom. The lowest BCUT2D eigenvalue weighted by Crippen LogP contribution is -2.17. The van der Waals surface area contributed by atoms with E-state index < -0.39 is 0 Å². The summed E-state index contributed by atoms with van der Waals surface area (Å²) in [6.45, 7) is 4.40. The van der Waals surface area contributed by atoms with E-state index in [4.69, 9.17) is 15.2 Å². The second-order valence-corrected chi connectivity index (χ2v) is 4.73. The highest BCUT2D eigenvalue weighted by Gasteiger charge is 2.18. The molecular formula is C15H23NO2. The van der Waals surface area contributed by atoms with Crippen LogP contribution in [0.25, 0.3) is 0 Å². The summed E-state index contributed by atoms with van der Waals surface area (Å²) in [5.41, 5.74) is 8.73. The first-order valence-electron chi connectivity index (χ1n) is 6.91. The molecule has 0 radical (unpaired) electrons. The van der Waals surface area contributed by atoms with Gasteiger partial charge in [0.2, 0.25) is 0 Å². The summed E-state index contributed by atoms with van der Waals surface area (Å²) in [6.07, 6.45) is 4.16. The van der Waals surface area contributed by atoms with Crippen LogP contribution in [-0.2, 0) is 11.2 Å². The molecule has 18 heavy (non-hydrogen) atoms. The third kappa shape index (κ3) is 3.24. The van der Waals surface area contributed by atoms with E-state index in [1.54, 1.807) is 0 Å². The minimum absolute atomic E-state index is 0.0542. The van der Waals surface area contributed by atoms with Crippen molar-refractivity contribution >= 4 is 0 Å². The first-order chi connectivity index (χ1) is 8.83. The van der Waals surface area contributed by atoms with Crippen molar-refractivity contribution < 1.29 is 9.47 Å². The fourth-order valence-electron chi connectivity index (χ4n) is 2.41. The average molecular weight is 249 g/mol. The van der Waals surface area contributed by atoms with E-state index in [1.165, 1.54) is 5.56 Å². The Morgan fingerprint density at radius 2 is 2.33 bits per heavy atom. The van der Waals surface area contributed by atoms with Gasteiger partial charge in [-0.15, -0.1) is 0 Å². The summed E-state index contributed by atoms with van der Waals surface area (Å²) >= 11 is 0. The van der Waals surface area contributed by atoms with Crippen LogP contribution in [0.2, 0.25) is 0 Å². The molecule has 0 bridgehead atoms. The lowest BCUT2D eigenvalue weighted by atomic mass is 9.96. The van der Waals surface area contributed by atoms with Gasteiger partial charge in [0, 0.05) is 24.8 Å². The van der Waals surface area contributed by atoms with E-state index in [0.717, 1.165) is 56.8 Å². The Labute approximate surface area is 109 Å². The summed E-state index contributed by atoms with van der Waals surface area (Å²) in [7, 11) is 0. The number of nitrogens with two attached hydrogens (primary N) is 1. The van der Waals surface area contributed by atoms with Crippen LogP contribution >= 0.6 is 0 Å². The van der Waals surface area contributed by atoms with Crippen molar-refractivity contribution in [3.05, 3.63) is 29.3 Å². The Morgan fingerprint density at radius 1 is 1.44 bits per heavy atom. The molecule has 1 aliphatic heterocycles. The van der Waals surface area contributed by atoms with Crippen LogP contribution < -0.4 is 10.5 Å². The standard InChI is InChI=1S/C15H23NO2/c1-2-17-10-5-9-14(16)13-8-3-6-12-7-4-11-18-15(12)13/h3,6,8,14H,2,4-5,7,9-11,16H2,1H3. The summed E-state index contributed by atoms with van der Waals surface area (Å²) in [5.74, 6) is 1.03. The number of para-hydroxylation sites is 1. The SMILES string of the molecule is CCOCCCC(N)c1cccc2c1OCCC2. The quantitative estimate of drug-likeness (QED) is 0.788. The molecular weight excluding hydrogens is 226 g/mol. The minimum Gasteiger partial charge on any atom is -0.493 e. The number of hydrogen-bond acceptors (Lipinski definition) is 3. The van der Waals surface area contributed by atoms with E-state index in [-0.39, 0.29) is 6.04 Å². The molecule has 1 aliphatic rings. The molecule has 0 aromatic heterocycles. The molecule has 0 saturated heterocycles. The third-order valence-corrected chi connectivity index (χ3v) is 3.37. The van der Waals surface area contributed by atoms with E-state index in [9.17, 15) is 0 Å². The number of ether oxygens (including phenoxy) is 2. The van der Waals surface area contributed by atoms with Gasteiger partial charge in [-0.2, -0.15) is 0 Å². The van der Waals surface area contributed by atoms with Gasteiger partial charge < -0.3 is 15.2 Å². The fourth-order valence-corrected chi connectivity index (χ4v) is 2.41. The Hall–Kier alpha value is -1.06. The first-order valence-corrected chi connectivity index (χ1v) is 6.91. The van der Waals surface area contributed by atoms with Crippen LogP contribution in [-0.4, -0.2) is 19.8 Å². The molecule has 1 atom stereocenters. The number of fused-ring (bicyclic) bond motifs is 1. The maximum absolute atomic E-state index is 6.27. The highest BCUT2D eigenvalue weighted by molar-refractivity contribution is 5.44. The van der Waals surface area contributed by atoms with Gasteiger partial charge in [0.05, 0.1) is 6.61 Å². The van der Waals surface area contributed by atoms with E-state index in [2.05, 4.69) is 18.2 Å². The van der Waals surface area contributed by atoms with Gasteiger partial charge in [-0.3, -0.25) is 0 Å². The van der Waals surface area contributed by atoms with E-state index >= 15 is 0 Å². The molecule has 100 valence electrons. The zero-order chi connectivity index (χ0) is 12.8. The van der Waals surface area contributed by atoms with Crippen LogP contribution in [0.15, 0.2) is 18.2 Å². The average Bonchev–Trinajstić information content (AvgIpc) is 2.43. The summed E-state index contributed by atoms with van der Waals surface area (Å²) in [6, 6.07) is 6.38. The third-order valence-electron chi connectivity index (χ3n) is 3.37. The Kier molecular flexibility index (Phi) is 5.02. The second-order valence-electron chi connectivity index (χ2n) is 4.73. The molecule has 0 saturated carbocycles. The van der Waals surface area contributed by atoms with E-state index in [0.29, 0.717) is 0 Å². The number of hydrogen-bond donors (Lipinski definition) is 1. The van der Waals surface area contributed by atoms with Gasteiger partial charge in [-0.1, -0.05) is 18.2 Å². The molecule has 1 unspecified atom stereocenters. The highest BCUT2D eigenvalue weighted by Crippen LogP contribution is 2.33. The zero-order valence-electron chi connectivity index (χ0n) is 11.2. The highest BCUT2D eigenvalue weighted by atomic mass is 16.5. The predicted molar refractivity (Wildman–Crippen MR) is 72.9 cm³/mol. The van der Waals surface area contributed by atoms with Crippen molar-refractivity contribution in [2.24, 2.45) is 5.73 Å². The summed E-state index contributed by atoms with van der Waals surface area (Å²) in [5, 5.41) is 0. The Balaban J connectivity index is 1.99. The van der Waals surface area contributed by atoms with Crippen molar-refractivity contribution in [3.8, 4) is 5.75 Å². The molecule has 2 rings (SSSR count). The largest absolute Gasteiger partial charge is 0.493 e. The van der Waals surface area contributed by atoms with Crippen LogP contribution in [0.5, 0.6) is 5.75 Å². The van der Waals surface area contributed by atoms with Crippen molar-refractivity contribution in [2.45, 2.75) is 38.6 Å². The topological polar surface area (TPSA) is 44.5 Å². The number of aryl methyl sites for hydroxylation is 1. The molecule has 1 aromatic carbocycles. The maximum atomic E-state index is 6.27. The maximum Gasteiger partial charge on any atom is 0.127 e.